The minimum Gasteiger partial charge on any atom is -0.510 e. The molecular weight excluding hydrogens is 244 g/mol. The molecule has 0 amide bonds. The lowest BCUT2D eigenvalue weighted by molar-refractivity contribution is -0.107. The Morgan fingerprint density at radius 1 is 1.11 bits per heavy atom. The Morgan fingerprint density at radius 3 is 2.17 bits per heavy atom. The molecule has 0 aliphatic carbocycles. The zero-order valence-electron chi connectivity index (χ0n) is 11.9. The van der Waals surface area contributed by atoms with Crippen LogP contribution in [0.25, 0.3) is 0 Å². The van der Waals surface area contributed by atoms with Gasteiger partial charge in [0.25, 0.3) is 0 Å². The third-order valence-electron chi connectivity index (χ3n) is 3.74. The SMILES string of the molecule is CCCCCCCCCC1(C)SC(=O)C(C)=C1O. The molecule has 18 heavy (non-hydrogen) atoms. The second-order valence-electron chi connectivity index (χ2n) is 5.47. The first kappa shape index (κ1) is 15.6. The monoisotopic (exact) mass is 270 g/mol. The maximum absolute atomic E-state index is 11.6. The van der Waals surface area contributed by atoms with Gasteiger partial charge in [-0.1, -0.05) is 63.6 Å². The molecule has 0 aromatic heterocycles. The Kier molecular flexibility index (Phi) is 6.27. The second kappa shape index (κ2) is 7.22. The number of aliphatic hydroxyl groups is 1. The third-order valence-corrected chi connectivity index (χ3v) is 5.08. The van der Waals surface area contributed by atoms with E-state index in [9.17, 15) is 9.90 Å². The van der Waals surface area contributed by atoms with Crippen molar-refractivity contribution in [1.82, 2.24) is 0 Å². The fourth-order valence-corrected chi connectivity index (χ4v) is 3.57. The summed E-state index contributed by atoms with van der Waals surface area (Å²) in [6.07, 6.45) is 9.77. The van der Waals surface area contributed by atoms with E-state index < -0.39 is 0 Å². The van der Waals surface area contributed by atoms with Gasteiger partial charge in [0.15, 0.2) is 0 Å². The van der Waals surface area contributed by atoms with Crippen molar-refractivity contribution in [2.75, 3.05) is 0 Å². The molecule has 104 valence electrons. The van der Waals surface area contributed by atoms with Crippen LogP contribution in [0.15, 0.2) is 11.3 Å². The van der Waals surface area contributed by atoms with Crippen LogP contribution in [0.1, 0.15) is 72.1 Å². The van der Waals surface area contributed by atoms with Gasteiger partial charge in [0.05, 0.1) is 4.75 Å². The van der Waals surface area contributed by atoms with Gasteiger partial charge >= 0.3 is 0 Å². The summed E-state index contributed by atoms with van der Waals surface area (Å²) < 4.78 is -0.357. The van der Waals surface area contributed by atoms with Gasteiger partial charge in [0.2, 0.25) is 5.12 Å². The Labute approximate surface area is 115 Å². The lowest BCUT2D eigenvalue weighted by Crippen LogP contribution is -2.20. The molecule has 1 aliphatic rings. The Hall–Kier alpha value is -0.440. The van der Waals surface area contributed by atoms with E-state index in [0.717, 1.165) is 12.8 Å². The van der Waals surface area contributed by atoms with Crippen LogP contribution in [0.5, 0.6) is 0 Å². The summed E-state index contributed by atoms with van der Waals surface area (Å²) in [6, 6.07) is 0. The summed E-state index contributed by atoms with van der Waals surface area (Å²) in [5, 5.41) is 10.0. The molecule has 1 aliphatic heterocycles. The van der Waals surface area contributed by atoms with Gasteiger partial charge in [-0.2, -0.15) is 0 Å². The van der Waals surface area contributed by atoms with Crippen molar-refractivity contribution in [1.29, 1.82) is 0 Å². The maximum Gasteiger partial charge on any atom is 0.219 e. The van der Waals surface area contributed by atoms with Crippen LogP contribution in [-0.4, -0.2) is 15.0 Å². The minimum absolute atomic E-state index is 0.0398. The Morgan fingerprint density at radius 2 is 1.67 bits per heavy atom. The van der Waals surface area contributed by atoms with E-state index >= 15 is 0 Å². The number of carbonyl (C=O) groups excluding carboxylic acids is 1. The van der Waals surface area contributed by atoms with Crippen molar-refractivity contribution < 1.29 is 9.90 Å². The van der Waals surface area contributed by atoms with Gasteiger partial charge in [-0.25, -0.2) is 0 Å². The summed E-state index contributed by atoms with van der Waals surface area (Å²) >= 11 is 1.29. The third kappa shape index (κ3) is 4.04. The molecule has 1 unspecified atom stereocenters. The largest absolute Gasteiger partial charge is 0.510 e. The molecule has 3 heteroatoms. The Bertz CT molecular complexity index is 322. The standard InChI is InChI=1S/C15H26O2S/c1-4-5-6-7-8-9-10-11-15(3)13(16)12(2)14(17)18-15/h16H,4-11H2,1-3H3. The summed E-state index contributed by atoms with van der Waals surface area (Å²) in [6.45, 7) is 5.94. The van der Waals surface area contributed by atoms with E-state index in [2.05, 4.69) is 6.92 Å². The molecule has 1 rings (SSSR count). The van der Waals surface area contributed by atoms with Gasteiger partial charge < -0.3 is 5.11 Å². The molecule has 0 radical (unpaired) electrons. The van der Waals surface area contributed by atoms with Crippen LogP contribution in [-0.2, 0) is 4.79 Å². The Balaban J connectivity index is 2.22. The zero-order chi connectivity index (χ0) is 13.6. The number of carbonyl (C=O) groups is 1. The molecular formula is C15H26O2S. The quantitative estimate of drug-likeness (QED) is 0.631. The van der Waals surface area contributed by atoms with Crippen LogP contribution in [0.3, 0.4) is 0 Å². The molecule has 0 saturated heterocycles. The molecule has 0 fully saturated rings. The topological polar surface area (TPSA) is 37.3 Å². The first-order valence-corrected chi connectivity index (χ1v) is 7.96. The number of hydrogen-bond acceptors (Lipinski definition) is 3. The molecule has 0 aromatic rings. The van der Waals surface area contributed by atoms with Crippen molar-refractivity contribution in [2.24, 2.45) is 0 Å². The fraction of sp³-hybridized carbons (Fsp3) is 0.800. The van der Waals surface area contributed by atoms with E-state index in [4.69, 9.17) is 0 Å². The van der Waals surface area contributed by atoms with Crippen molar-refractivity contribution in [3.05, 3.63) is 11.3 Å². The highest BCUT2D eigenvalue weighted by molar-refractivity contribution is 8.15. The van der Waals surface area contributed by atoms with Gasteiger partial charge in [0, 0.05) is 5.57 Å². The molecule has 1 atom stereocenters. The average Bonchev–Trinajstić information content (AvgIpc) is 2.53. The van der Waals surface area contributed by atoms with Crippen LogP contribution in [0.4, 0.5) is 0 Å². The molecule has 1 N–H and O–H groups in total. The van der Waals surface area contributed by atoms with Gasteiger partial charge in [-0.3, -0.25) is 4.79 Å². The number of aliphatic hydroxyl groups excluding tert-OH is 1. The first-order chi connectivity index (χ1) is 8.51. The number of rotatable bonds is 8. The smallest absolute Gasteiger partial charge is 0.219 e. The first-order valence-electron chi connectivity index (χ1n) is 7.15. The van der Waals surface area contributed by atoms with Crippen LogP contribution in [0, 0.1) is 0 Å². The number of hydrogen-bond donors (Lipinski definition) is 1. The highest BCUT2D eigenvalue weighted by Crippen LogP contribution is 2.45. The molecule has 0 bridgehead atoms. The number of thioether (sulfide) groups is 1. The molecule has 2 nitrogen and oxygen atoms in total. The van der Waals surface area contributed by atoms with E-state index in [1.54, 1.807) is 6.92 Å². The normalized spacial score (nSPS) is 24.1. The second-order valence-corrected chi connectivity index (χ2v) is 6.94. The van der Waals surface area contributed by atoms with Crippen molar-refractivity contribution in [3.8, 4) is 0 Å². The van der Waals surface area contributed by atoms with Gasteiger partial charge in [0.1, 0.15) is 5.76 Å². The summed E-state index contributed by atoms with van der Waals surface area (Å²) in [5.41, 5.74) is 0.547. The van der Waals surface area contributed by atoms with Crippen LogP contribution in [0.2, 0.25) is 0 Å². The highest BCUT2D eigenvalue weighted by Gasteiger charge is 2.41. The van der Waals surface area contributed by atoms with Crippen molar-refractivity contribution >= 4 is 16.9 Å². The minimum atomic E-state index is -0.357. The van der Waals surface area contributed by atoms with Crippen molar-refractivity contribution in [3.63, 3.8) is 0 Å². The predicted octanol–water partition coefficient (Wildman–Crippen LogP) is 4.99. The van der Waals surface area contributed by atoms with E-state index in [1.807, 2.05) is 6.92 Å². The van der Waals surface area contributed by atoms with Crippen LogP contribution >= 0.6 is 11.8 Å². The lowest BCUT2D eigenvalue weighted by atomic mass is 9.97. The molecule has 0 aromatic carbocycles. The molecule has 1 heterocycles. The summed E-state index contributed by atoms with van der Waals surface area (Å²) in [5.74, 6) is 0.309. The molecule has 0 spiro atoms. The summed E-state index contributed by atoms with van der Waals surface area (Å²) in [7, 11) is 0. The lowest BCUT2D eigenvalue weighted by Gasteiger charge is -2.22. The maximum atomic E-state index is 11.6. The van der Waals surface area contributed by atoms with E-state index in [-0.39, 0.29) is 9.86 Å². The number of unbranched alkanes of at least 4 members (excludes halogenated alkanes) is 6. The van der Waals surface area contributed by atoms with Crippen LogP contribution < -0.4 is 0 Å². The predicted molar refractivity (Wildman–Crippen MR) is 78.9 cm³/mol. The van der Waals surface area contributed by atoms with E-state index in [1.165, 1.54) is 50.3 Å². The van der Waals surface area contributed by atoms with Crippen molar-refractivity contribution in [2.45, 2.75) is 76.9 Å². The highest BCUT2D eigenvalue weighted by atomic mass is 32.2. The zero-order valence-corrected chi connectivity index (χ0v) is 12.7. The van der Waals surface area contributed by atoms with Gasteiger partial charge in [-0.05, 0) is 20.3 Å². The average molecular weight is 270 g/mol. The molecule has 0 saturated carbocycles. The fourth-order valence-electron chi connectivity index (χ4n) is 2.41. The summed E-state index contributed by atoms with van der Waals surface area (Å²) in [4.78, 5) is 11.6. The van der Waals surface area contributed by atoms with Gasteiger partial charge in [-0.15, -0.1) is 0 Å². The van der Waals surface area contributed by atoms with E-state index in [0.29, 0.717) is 11.3 Å².